The Balaban J connectivity index is 1.39. The lowest BCUT2D eigenvalue weighted by molar-refractivity contribution is -0.139. The molecule has 4 fully saturated rings. The zero-order valence-corrected chi connectivity index (χ0v) is 24.6. The first kappa shape index (κ1) is 31.7. The maximum Gasteiger partial charge on any atom is 0.421 e. The predicted octanol–water partition coefficient (Wildman–Crippen LogP) is 5.76. The van der Waals surface area contributed by atoms with E-state index in [0.717, 1.165) is 12.5 Å². The Kier molecular flexibility index (Phi) is 7.50. The molecule has 7 rings (SSSR count). The molecule has 8 nitrogen and oxygen atoms in total. The van der Waals surface area contributed by atoms with Gasteiger partial charge in [-0.15, -0.1) is 0 Å². The van der Waals surface area contributed by atoms with Crippen molar-refractivity contribution in [2.24, 2.45) is 0 Å². The summed E-state index contributed by atoms with van der Waals surface area (Å²) in [5.41, 5.74) is -1.85. The second-order valence-corrected chi connectivity index (χ2v) is 12.7. The Morgan fingerprint density at radius 3 is 2.62 bits per heavy atom. The fourth-order valence-electron chi connectivity index (χ4n) is 7.76. The van der Waals surface area contributed by atoms with E-state index in [0.29, 0.717) is 31.9 Å². The molecule has 4 aliphatic rings. The van der Waals surface area contributed by atoms with Gasteiger partial charge in [-0.3, -0.25) is 4.90 Å². The molecule has 47 heavy (non-hydrogen) atoms. The molecule has 4 saturated heterocycles. The number of pyridine rings is 1. The van der Waals surface area contributed by atoms with Crippen LogP contribution in [-0.2, 0) is 6.18 Å². The summed E-state index contributed by atoms with van der Waals surface area (Å²) in [6.07, 6.45) is -5.25. The van der Waals surface area contributed by atoms with E-state index in [1.165, 1.54) is 4.90 Å². The molecule has 2 bridgehead atoms. The minimum Gasteiger partial charge on any atom is -0.461 e. The monoisotopic (exact) mass is 673 g/mol. The number of anilines is 2. The molecular formula is C30H28F9N7O. The fraction of sp³-hybridized carbons (Fsp3) is 0.500. The number of alkyl halides is 4. The first-order chi connectivity index (χ1) is 22.2. The number of hydrogen-bond donors (Lipinski definition) is 2. The van der Waals surface area contributed by atoms with E-state index in [1.807, 2.05) is 4.90 Å². The van der Waals surface area contributed by atoms with Crippen LogP contribution >= 0.6 is 0 Å². The molecule has 4 aliphatic heterocycles. The predicted molar refractivity (Wildman–Crippen MR) is 152 cm³/mol. The normalized spacial score (nSPS) is 27.5. The molecule has 0 spiro atoms. The van der Waals surface area contributed by atoms with Gasteiger partial charge in [0.15, 0.2) is 5.82 Å². The van der Waals surface area contributed by atoms with Crippen LogP contribution in [0, 0.1) is 17.5 Å². The number of nitrogen functional groups attached to an aromatic ring is 1. The van der Waals surface area contributed by atoms with Crippen molar-refractivity contribution in [3.63, 3.8) is 0 Å². The van der Waals surface area contributed by atoms with E-state index >= 15 is 8.78 Å². The van der Waals surface area contributed by atoms with Crippen LogP contribution < -0.4 is 20.7 Å². The van der Waals surface area contributed by atoms with Crippen molar-refractivity contribution in [1.82, 2.24) is 25.2 Å². The zero-order valence-electron chi connectivity index (χ0n) is 24.6. The molecular weight excluding hydrogens is 645 g/mol. The summed E-state index contributed by atoms with van der Waals surface area (Å²) in [7, 11) is 0. The van der Waals surface area contributed by atoms with Gasteiger partial charge in [0, 0.05) is 49.6 Å². The van der Waals surface area contributed by atoms with E-state index in [1.54, 1.807) is 0 Å². The smallest absolute Gasteiger partial charge is 0.421 e. The van der Waals surface area contributed by atoms with Crippen LogP contribution in [0.4, 0.5) is 51.1 Å². The third-order valence-corrected chi connectivity index (χ3v) is 9.61. The molecule has 252 valence electrons. The van der Waals surface area contributed by atoms with Gasteiger partial charge in [0.25, 0.3) is 6.08 Å². The van der Waals surface area contributed by atoms with Gasteiger partial charge >= 0.3 is 12.2 Å². The van der Waals surface area contributed by atoms with E-state index in [-0.39, 0.29) is 56.0 Å². The van der Waals surface area contributed by atoms with Crippen molar-refractivity contribution in [2.45, 2.75) is 61.6 Å². The number of fused-ring (bicyclic) bond motifs is 4. The van der Waals surface area contributed by atoms with Crippen LogP contribution in [0.5, 0.6) is 6.01 Å². The van der Waals surface area contributed by atoms with Crippen LogP contribution in [0.2, 0.25) is 0 Å². The Bertz CT molecular complexity index is 1790. The summed E-state index contributed by atoms with van der Waals surface area (Å²) < 4.78 is 136. The van der Waals surface area contributed by atoms with Crippen LogP contribution in [0.25, 0.3) is 22.2 Å². The highest BCUT2D eigenvalue weighted by molar-refractivity contribution is 5.94. The van der Waals surface area contributed by atoms with E-state index in [9.17, 15) is 30.7 Å². The van der Waals surface area contributed by atoms with Crippen molar-refractivity contribution in [3.8, 4) is 17.3 Å². The van der Waals surface area contributed by atoms with Crippen LogP contribution in [0.15, 0.2) is 24.3 Å². The molecule has 0 amide bonds. The second kappa shape index (κ2) is 11.1. The Morgan fingerprint density at radius 2 is 1.87 bits per heavy atom. The number of piperazine rings is 1. The van der Waals surface area contributed by atoms with Gasteiger partial charge in [0.2, 0.25) is 0 Å². The summed E-state index contributed by atoms with van der Waals surface area (Å²) in [6, 6.07) is 0.236. The highest BCUT2D eigenvalue weighted by Gasteiger charge is 2.50. The molecule has 6 heterocycles. The number of nitrogens with zero attached hydrogens (tertiary/aromatic N) is 5. The lowest BCUT2D eigenvalue weighted by Gasteiger charge is -2.40. The van der Waals surface area contributed by atoms with E-state index in [4.69, 9.17) is 10.5 Å². The topological polar surface area (TPSA) is 92.4 Å². The SMILES string of the molecule is Nc1cc(F)c(C(F)(F)F)c(-c2c(F)cc3c(N4C[C@@H]5CC[C@](C=C(F)F)(C4)N5)nc(OC[C@@]45CCCN4C[C@H](F)C5)nc3c2F)n1. The number of benzene rings is 1. The molecule has 2 aromatic heterocycles. The fourth-order valence-corrected chi connectivity index (χ4v) is 7.76. The molecule has 0 radical (unpaired) electrons. The van der Waals surface area contributed by atoms with Crippen molar-refractivity contribution in [1.29, 1.82) is 0 Å². The first-order valence-corrected chi connectivity index (χ1v) is 15.0. The first-order valence-electron chi connectivity index (χ1n) is 15.0. The molecule has 1 aromatic carbocycles. The number of aromatic nitrogens is 3. The van der Waals surface area contributed by atoms with Gasteiger partial charge < -0.3 is 20.7 Å². The second-order valence-electron chi connectivity index (χ2n) is 12.7. The number of nitrogens with one attached hydrogen (secondary N) is 1. The van der Waals surface area contributed by atoms with Crippen LogP contribution in [0.1, 0.15) is 37.7 Å². The summed E-state index contributed by atoms with van der Waals surface area (Å²) in [4.78, 5) is 15.5. The Hall–Kier alpha value is -3.86. The Morgan fingerprint density at radius 1 is 1.09 bits per heavy atom. The van der Waals surface area contributed by atoms with Crippen molar-refractivity contribution in [3.05, 3.63) is 47.3 Å². The summed E-state index contributed by atoms with van der Waals surface area (Å²) >= 11 is 0. The van der Waals surface area contributed by atoms with Crippen molar-refractivity contribution in [2.75, 3.05) is 43.4 Å². The van der Waals surface area contributed by atoms with Gasteiger partial charge in [0.1, 0.15) is 47.1 Å². The van der Waals surface area contributed by atoms with Gasteiger partial charge in [-0.1, -0.05) is 0 Å². The van der Waals surface area contributed by atoms with Crippen LogP contribution in [-0.4, -0.2) is 75.9 Å². The molecule has 3 N–H and O–H groups in total. The molecule has 0 aliphatic carbocycles. The Labute approximate surface area is 261 Å². The van der Waals surface area contributed by atoms with Crippen molar-refractivity contribution >= 4 is 22.5 Å². The van der Waals surface area contributed by atoms with E-state index < -0.39 is 81.1 Å². The lowest BCUT2D eigenvalue weighted by Crippen LogP contribution is -2.59. The highest BCUT2D eigenvalue weighted by atomic mass is 19.4. The standard InChI is InChI=1S/C30H28F9N7O/c31-14-8-29(3-1-5-46(29)10-14)13-47-27-42-24-16(26(43-27)45-11-15-2-4-28(12-45,44-15)9-19(34)35)6-17(32)21(23(24)36)25-22(30(37,38)39)18(33)7-20(40)41-25/h6-7,9,14-15,44H,1-5,8,10-13H2,(H2,40,41)/t14-,15+,28+,29+/m1/s1. The van der Waals surface area contributed by atoms with Gasteiger partial charge in [-0.25, -0.2) is 22.5 Å². The summed E-state index contributed by atoms with van der Waals surface area (Å²) in [5.74, 6) is -5.92. The molecule has 3 aromatic rings. The summed E-state index contributed by atoms with van der Waals surface area (Å²) in [5, 5.41) is 2.86. The molecule has 17 heteroatoms. The number of hydrogen-bond acceptors (Lipinski definition) is 8. The van der Waals surface area contributed by atoms with E-state index in [2.05, 4.69) is 20.3 Å². The molecule has 0 saturated carbocycles. The average Bonchev–Trinajstić information content (AvgIpc) is 3.58. The highest BCUT2D eigenvalue weighted by Crippen LogP contribution is 2.44. The minimum absolute atomic E-state index is 0.0984. The maximum absolute atomic E-state index is 16.4. The number of rotatable bonds is 6. The number of nitrogens with two attached hydrogens (primary N) is 1. The largest absolute Gasteiger partial charge is 0.461 e. The minimum atomic E-state index is -5.41. The molecule has 0 unspecified atom stereocenters. The quantitative estimate of drug-likeness (QED) is 0.320. The van der Waals surface area contributed by atoms with Crippen LogP contribution in [0.3, 0.4) is 0 Å². The van der Waals surface area contributed by atoms with Gasteiger partial charge in [-0.05, 0) is 38.3 Å². The van der Waals surface area contributed by atoms with Crippen molar-refractivity contribution < 1.29 is 44.3 Å². The maximum atomic E-state index is 16.4. The third-order valence-electron chi connectivity index (χ3n) is 9.61. The number of halogens is 9. The zero-order chi connectivity index (χ0) is 33.5. The third kappa shape index (κ3) is 5.50. The van der Waals surface area contributed by atoms with Gasteiger partial charge in [-0.2, -0.15) is 31.9 Å². The number of ether oxygens (including phenoxy) is 1. The average molecular weight is 674 g/mol. The molecule has 4 atom stereocenters. The summed E-state index contributed by atoms with van der Waals surface area (Å²) in [6.45, 7) is 0.830. The van der Waals surface area contributed by atoms with Gasteiger partial charge in [0.05, 0.1) is 22.3 Å². The lowest BCUT2D eigenvalue weighted by atomic mass is 9.95.